The van der Waals surface area contributed by atoms with Gasteiger partial charge in [0.1, 0.15) is 16.3 Å². The van der Waals surface area contributed by atoms with Gasteiger partial charge in [-0.3, -0.25) is 4.79 Å². The molecule has 168 valence electrons. The van der Waals surface area contributed by atoms with Crippen molar-refractivity contribution in [2.45, 2.75) is 22.6 Å². The summed E-state index contributed by atoms with van der Waals surface area (Å²) in [5.41, 5.74) is 0.961. The molecular weight excluding hydrogens is 572 g/mol. The highest BCUT2D eigenvalue weighted by Crippen LogP contribution is 2.36. The van der Waals surface area contributed by atoms with E-state index in [0.29, 0.717) is 16.1 Å². The van der Waals surface area contributed by atoms with Crippen LogP contribution in [0.2, 0.25) is 0 Å². The smallest absolute Gasteiger partial charge is 0.405 e. The molecule has 0 atom stereocenters. The van der Waals surface area contributed by atoms with Crippen LogP contribution in [0.15, 0.2) is 61.2 Å². The van der Waals surface area contributed by atoms with Crippen molar-refractivity contribution in [3.8, 4) is 11.6 Å². The summed E-state index contributed by atoms with van der Waals surface area (Å²) in [7, 11) is -2.73. The third kappa shape index (κ3) is 5.03. The number of phenolic OH excluding ortho intramolecular Hbond substituents is 1. The highest BCUT2D eigenvalue weighted by atomic mass is 79.9. The maximum atomic E-state index is 13.3. The van der Waals surface area contributed by atoms with E-state index in [2.05, 4.69) is 37.0 Å². The molecule has 0 aliphatic carbocycles. The van der Waals surface area contributed by atoms with Crippen LogP contribution in [0, 0.1) is 5.21 Å². The number of aliphatic carboxylic acids is 1. The van der Waals surface area contributed by atoms with Gasteiger partial charge in [0.2, 0.25) is 9.84 Å². The zero-order valence-corrected chi connectivity index (χ0v) is 20.4. The fourth-order valence-electron chi connectivity index (χ4n) is 3.00. The Hall–Kier alpha value is -2.70. The summed E-state index contributed by atoms with van der Waals surface area (Å²) in [5.74, 6) is -1.21. The summed E-state index contributed by atoms with van der Waals surface area (Å²) in [4.78, 5) is 11.1. The minimum Gasteiger partial charge on any atom is -0.591 e. The molecule has 2 aromatic carbocycles. The topological polar surface area (TPSA) is 141 Å². The Morgan fingerprint density at radius 1 is 1.16 bits per heavy atom. The van der Waals surface area contributed by atoms with Crippen molar-refractivity contribution in [3.63, 3.8) is 0 Å². The number of methoxy groups -OCH3 is 1. The van der Waals surface area contributed by atoms with Crippen molar-refractivity contribution in [2.24, 2.45) is 0 Å². The van der Waals surface area contributed by atoms with Gasteiger partial charge in [-0.05, 0) is 78.7 Å². The second kappa shape index (κ2) is 9.43. The molecule has 1 aromatic heterocycles. The van der Waals surface area contributed by atoms with E-state index in [1.807, 2.05) is 0 Å². The van der Waals surface area contributed by atoms with Gasteiger partial charge in [-0.1, -0.05) is 0 Å². The summed E-state index contributed by atoms with van der Waals surface area (Å²) in [6, 6.07) is 9.62. The predicted octanol–water partition coefficient (Wildman–Crippen LogP) is 3.00. The summed E-state index contributed by atoms with van der Waals surface area (Å²) in [5, 5.41) is 34.8. The van der Waals surface area contributed by atoms with Gasteiger partial charge in [-0.15, -0.1) is 0 Å². The van der Waals surface area contributed by atoms with Crippen molar-refractivity contribution >= 4 is 47.7 Å². The number of halogens is 2. The number of carboxylic acids is 1. The summed E-state index contributed by atoms with van der Waals surface area (Å²) >= 11 is 6.44. The number of ether oxygens (including phenoxy) is 1. The standard InChI is InChI=1S/C20H16Br2N2O7S/c1-31-18-5-2-13(23-24(18)28)9-12-10-14(3-4-17(12)25)32(29,30)20-15(21)6-11(7-16(20)22)8-19(26)27/h2-7,10,25H,8-9H2,1H3,(H,26,27). The Morgan fingerprint density at radius 2 is 1.81 bits per heavy atom. The lowest BCUT2D eigenvalue weighted by Gasteiger charge is -2.13. The molecule has 1 heterocycles. The highest BCUT2D eigenvalue weighted by molar-refractivity contribution is 9.11. The van der Waals surface area contributed by atoms with Crippen molar-refractivity contribution in [3.05, 3.63) is 73.4 Å². The summed E-state index contributed by atoms with van der Waals surface area (Å²) in [6.45, 7) is 0. The lowest BCUT2D eigenvalue weighted by Crippen LogP contribution is -2.34. The number of hydrogen-bond acceptors (Lipinski definition) is 7. The van der Waals surface area contributed by atoms with Crippen LogP contribution in [0.3, 0.4) is 0 Å². The number of rotatable bonds is 7. The van der Waals surface area contributed by atoms with E-state index in [9.17, 15) is 23.5 Å². The van der Waals surface area contributed by atoms with Crippen LogP contribution in [0.4, 0.5) is 0 Å². The van der Waals surface area contributed by atoms with E-state index in [4.69, 9.17) is 9.84 Å². The van der Waals surface area contributed by atoms with Gasteiger partial charge >= 0.3 is 11.8 Å². The number of hydrogen-bond donors (Lipinski definition) is 2. The number of nitrogens with zero attached hydrogens (tertiary/aromatic N) is 2. The minimum atomic E-state index is -4.06. The van der Waals surface area contributed by atoms with E-state index in [-0.39, 0.29) is 48.8 Å². The van der Waals surface area contributed by atoms with E-state index in [0.717, 1.165) is 0 Å². The van der Waals surface area contributed by atoms with Crippen molar-refractivity contribution in [1.29, 1.82) is 0 Å². The first kappa shape index (κ1) is 24.0. The Bertz CT molecular complexity index is 1290. The van der Waals surface area contributed by atoms with Crippen LogP contribution in [0.25, 0.3) is 0 Å². The number of carboxylic acid groups (broad SMARTS) is 1. The first-order valence-electron chi connectivity index (χ1n) is 8.93. The Morgan fingerprint density at radius 3 is 2.38 bits per heavy atom. The van der Waals surface area contributed by atoms with Crippen LogP contribution in [0.5, 0.6) is 11.6 Å². The molecule has 0 saturated heterocycles. The molecule has 0 aliphatic heterocycles. The third-order valence-corrected chi connectivity index (χ3v) is 8.08. The molecule has 3 rings (SSSR count). The number of carbonyl (C=O) groups is 1. The van der Waals surface area contributed by atoms with E-state index < -0.39 is 15.8 Å². The van der Waals surface area contributed by atoms with Crippen LogP contribution >= 0.6 is 31.9 Å². The van der Waals surface area contributed by atoms with Gasteiger partial charge in [0, 0.05) is 26.0 Å². The predicted molar refractivity (Wildman–Crippen MR) is 119 cm³/mol. The first-order valence-corrected chi connectivity index (χ1v) is 12.0. The maximum Gasteiger partial charge on any atom is 0.405 e. The molecule has 0 amide bonds. The molecule has 0 fully saturated rings. The normalized spacial score (nSPS) is 11.3. The van der Waals surface area contributed by atoms with Crippen LogP contribution < -0.4 is 9.58 Å². The molecular formula is C20H16Br2N2O7S. The van der Waals surface area contributed by atoms with Gasteiger partial charge in [0.05, 0.1) is 24.5 Å². The summed E-state index contributed by atoms with van der Waals surface area (Å²) in [6.07, 6.45) is -0.267. The number of aromatic nitrogens is 2. The Labute approximate surface area is 200 Å². The van der Waals surface area contributed by atoms with Crippen LogP contribution in [-0.4, -0.2) is 36.8 Å². The van der Waals surface area contributed by atoms with Gasteiger partial charge < -0.3 is 20.2 Å². The molecule has 9 nitrogen and oxygen atoms in total. The largest absolute Gasteiger partial charge is 0.591 e. The van der Waals surface area contributed by atoms with E-state index >= 15 is 0 Å². The van der Waals surface area contributed by atoms with Gasteiger partial charge in [-0.25, -0.2) is 8.42 Å². The minimum absolute atomic E-state index is 0.00131. The first-order chi connectivity index (χ1) is 15.0. The maximum absolute atomic E-state index is 13.3. The molecule has 0 bridgehead atoms. The number of phenols is 1. The molecule has 0 aliphatic rings. The molecule has 12 heteroatoms. The number of sulfone groups is 1. The van der Waals surface area contributed by atoms with E-state index in [1.54, 1.807) is 0 Å². The average molecular weight is 588 g/mol. The highest BCUT2D eigenvalue weighted by Gasteiger charge is 2.26. The number of aromatic hydroxyl groups is 1. The monoisotopic (exact) mass is 586 g/mol. The van der Waals surface area contributed by atoms with Gasteiger partial charge in [-0.2, -0.15) is 0 Å². The zero-order chi connectivity index (χ0) is 23.6. The lowest BCUT2D eigenvalue weighted by molar-refractivity contribution is -0.675. The molecule has 3 aromatic rings. The molecule has 0 spiro atoms. The summed E-state index contributed by atoms with van der Waals surface area (Å²) < 4.78 is 31.9. The van der Waals surface area contributed by atoms with Gasteiger partial charge in [0.25, 0.3) is 0 Å². The lowest BCUT2D eigenvalue weighted by atomic mass is 10.1. The molecule has 0 unspecified atom stereocenters. The van der Waals surface area contributed by atoms with E-state index in [1.165, 1.54) is 49.6 Å². The molecule has 32 heavy (non-hydrogen) atoms. The van der Waals surface area contributed by atoms with Crippen molar-refractivity contribution in [1.82, 2.24) is 5.10 Å². The quantitative estimate of drug-likeness (QED) is 0.317. The fourth-order valence-corrected chi connectivity index (χ4v) is 6.97. The van der Waals surface area contributed by atoms with Crippen LogP contribution in [0.1, 0.15) is 16.8 Å². The molecule has 0 saturated carbocycles. The Balaban J connectivity index is 2.01. The van der Waals surface area contributed by atoms with Crippen LogP contribution in [-0.2, 0) is 27.5 Å². The molecule has 0 radical (unpaired) electrons. The van der Waals surface area contributed by atoms with Crippen molar-refractivity contribution < 1.29 is 33.0 Å². The second-order valence-corrected chi connectivity index (χ2v) is 10.3. The second-order valence-electron chi connectivity index (χ2n) is 6.67. The number of benzene rings is 2. The van der Waals surface area contributed by atoms with Crippen molar-refractivity contribution in [2.75, 3.05) is 7.11 Å². The SMILES string of the molecule is COc1ccc(Cc2cc(S(=O)(=O)c3c(Br)cc(CC(=O)O)cc3Br)ccc2O)n[n+]1[O-]. The third-order valence-electron chi connectivity index (χ3n) is 4.45. The molecule has 2 N–H and O–H groups in total. The average Bonchev–Trinajstić information content (AvgIpc) is 2.68. The Kier molecular flexibility index (Phi) is 7.06. The van der Waals surface area contributed by atoms with Gasteiger partial charge in [0.15, 0.2) is 0 Å². The fraction of sp³-hybridized carbons (Fsp3) is 0.150. The zero-order valence-electron chi connectivity index (χ0n) is 16.4.